The standard InChI is InChI=1S/C17H35OSi2/c19-18-20-14-13-17(15-9-5-1-2-6-10-15)16-11-7-3-4-8-12-16/h15-17,20H,1-14H2,19H3. The van der Waals surface area contributed by atoms with Crippen LogP contribution < -0.4 is 0 Å². The first kappa shape index (κ1) is 16.8. The van der Waals surface area contributed by atoms with Gasteiger partial charge in [0.2, 0.25) is 0 Å². The van der Waals surface area contributed by atoms with E-state index in [0.29, 0.717) is 9.76 Å². The van der Waals surface area contributed by atoms with Crippen molar-refractivity contribution >= 4 is 20.2 Å². The molecule has 0 heterocycles. The fourth-order valence-corrected chi connectivity index (χ4v) is 6.18. The second-order valence-electron chi connectivity index (χ2n) is 7.15. The predicted octanol–water partition coefficient (Wildman–Crippen LogP) is 4.00. The Morgan fingerprint density at radius 3 is 1.65 bits per heavy atom. The van der Waals surface area contributed by atoms with Crippen LogP contribution in [0.4, 0.5) is 0 Å². The molecule has 1 radical (unpaired) electrons. The zero-order valence-electron chi connectivity index (χ0n) is 13.6. The Labute approximate surface area is 132 Å². The fraction of sp³-hybridized carbons (Fsp3) is 1.00. The van der Waals surface area contributed by atoms with E-state index in [1.165, 1.54) is 89.5 Å². The summed E-state index contributed by atoms with van der Waals surface area (Å²) in [6, 6.07) is 1.40. The molecule has 0 unspecified atom stereocenters. The van der Waals surface area contributed by atoms with Gasteiger partial charge in [-0.05, 0) is 23.8 Å². The van der Waals surface area contributed by atoms with Crippen molar-refractivity contribution in [2.75, 3.05) is 0 Å². The van der Waals surface area contributed by atoms with Crippen molar-refractivity contribution in [1.82, 2.24) is 0 Å². The Bertz CT molecular complexity index is 211. The highest BCUT2D eigenvalue weighted by Gasteiger charge is 2.29. The summed E-state index contributed by atoms with van der Waals surface area (Å²) in [4.78, 5) is 0. The fourth-order valence-electron chi connectivity index (χ4n) is 4.71. The molecule has 0 saturated heterocycles. The van der Waals surface area contributed by atoms with Crippen molar-refractivity contribution < 1.29 is 4.12 Å². The smallest absolute Gasteiger partial charge is 0.177 e. The van der Waals surface area contributed by atoms with Crippen molar-refractivity contribution in [1.29, 1.82) is 0 Å². The molecule has 2 rings (SSSR count). The third-order valence-corrected chi connectivity index (χ3v) is 7.70. The highest BCUT2D eigenvalue weighted by atomic mass is 28.3. The van der Waals surface area contributed by atoms with Crippen LogP contribution in [0.1, 0.15) is 83.5 Å². The summed E-state index contributed by atoms with van der Waals surface area (Å²) in [5.41, 5.74) is 0. The van der Waals surface area contributed by atoms with Gasteiger partial charge < -0.3 is 4.12 Å². The summed E-state index contributed by atoms with van der Waals surface area (Å²) in [5, 5.41) is 0. The topological polar surface area (TPSA) is 9.23 Å². The third kappa shape index (κ3) is 5.65. The normalized spacial score (nSPS) is 23.9. The molecule has 2 aliphatic carbocycles. The molecule has 2 fully saturated rings. The Kier molecular flexibility index (Phi) is 8.53. The van der Waals surface area contributed by atoms with Crippen molar-refractivity contribution in [3.63, 3.8) is 0 Å². The van der Waals surface area contributed by atoms with E-state index in [2.05, 4.69) is 0 Å². The second kappa shape index (κ2) is 10.2. The molecular formula is C17H35OSi2. The zero-order valence-corrected chi connectivity index (χ0v) is 16.8. The molecular weight excluding hydrogens is 276 g/mol. The lowest BCUT2D eigenvalue weighted by Crippen LogP contribution is -2.24. The van der Waals surface area contributed by atoms with Crippen molar-refractivity contribution in [2.45, 2.75) is 89.5 Å². The van der Waals surface area contributed by atoms with Gasteiger partial charge in [-0.15, -0.1) is 0 Å². The molecule has 0 amide bonds. The minimum absolute atomic E-state index is 0.323. The molecule has 0 aliphatic heterocycles. The summed E-state index contributed by atoms with van der Waals surface area (Å²) >= 11 is 0. The molecule has 0 aromatic rings. The van der Waals surface area contributed by atoms with Gasteiger partial charge in [0, 0.05) is 0 Å². The maximum Gasteiger partial charge on any atom is 0.177 e. The molecule has 2 saturated carbocycles. The molecule has 0 aromatic heterocycles. The van der Waals surface area contributed by atoms with Crippen LogP contribution in [0.15, 0.2) is 0 Å². The zero-order chi connectivity index (χ0) is 14.0. The monoisotopic (exact) mass is 311 g/mol. The summed E-state index contributed by atoms with van der Waals surface area (Å²) in [5.74, 6) is 3.18. The van der Waals surface area contributed by atoms with Gasteiger partial charge in [-0.3, -0.25) is 0 Å². The average Bonchev–Trinajstić information content (AvgIpc) is 2.88. The van der Waals surface area contributed by atoms with Crippen molar-refractivity contribution in [3.05, 3.63) is 0 Å². The molecule has 0 N–H and O–H groups in total. The summed E-state index contributed by atoms with van der Waals surface area (Å²) < 4.78 is 5.54. The summed E-state index contributed by atoms with van der Waals surface area (Å²) in [6.45, 7) is 0. The third-order valence-electron chi connectivity index (χ3n) is 5.80. The molecule has 0 bridgehead atoms. The number of hydrogen-bond donors (Lipinski definition) is 0. The lowest BCUT2D eigenvalue weighted by Gasteiger charge is -2.33. The first-order valence-electron chi connectivity index (χ1n) is 9.26. The van der Waals surface area contributed by atoms with Gasteiger partial charge in [0.1, 0.15) is 10.5 Å². The highest BCUT2D eigenvalue weighted by molar-refractivity contribution is 6.34. The van der Waals surface area contributed by atoms with Gasteiger partial charge in [-0.2, -0.15) is 0 Å². The SMILES string of the molecule is [SiH3]O[SiH]CCC(C1CCCCCC1)C1CCCCCC1. The maximum atomic E-state index is 5.54. The number of rotatable bonds is 6. The lowest BCUT2D eigenvalue weighted by atomic mass is 9.73. The van der Waals surface area contributed by atoms with E-state index in [4.69, 9.17) is 4.12 Å². The van der Waals surface area contributed by atoms with E-state index in [1.807, 2.05) is 0 Å². The predicted molar refractivity (Wildman–Crippen MR) is 93.5 cm³/mol. The molecule has 0 spiro atoms. The van der Waals surface area contributed by atoms with Crippen LogP contribution in [0.5, 0.6) is 0 Å². The van der Waals surface area contributed by atoms with Gasteiger partial charge in [0.15, 0.2) is 9.76 Å². The molecule has 3 heteroatoms. The van der Waals surface area contributed by atoms with E-state index in [1.54, 1.807) is 0 Å². The van der Waals surface area contributed by atoms with Gasteiger partial charge >= 0.3 is 0 Å². The van der Waals surface area contributed by atoms with Crippen LogP contribution >= 0.6 is 0 Å². The Morgan fingerprint density at radius 1 is 0.800 bits per heavy atom. The average molecular weight is 312 g/mol. The minimum atomic E-state index is 0.323. The quantitative estimate of drug-likeness (QED) is 0.409. The van der Waals surface area contributed by atoms with Crippen LogP contribution in [-0.4, -0.2) is 20.2 Å². The Morgan fingerprint density at radius 2 is 1.25 bits per heavy atom. The van der Waals surface area contributed by atoms with E-state index >= 15 is 0 Å². The lowest BCUT2D eigenvalue weighted by molar-refractivity contribution is 0.180. The van der Waals surface area contributed by atoms with Crippen LogP contribution in [0.25, 0.3) is 0 Å². The van der Waals surface area contributed by atoms with Crippen LogP contribution in [0, 0.1) is 17.8 Å². The van der Waals surface area contributed by atoms with Crippen LogP contribution in [-0.2, 0) is 4.12 Å². The van der Waals surface area contributed by atoms with Gasteiger partial charge in [0.25, 0.3) is 0 Å². The minimum Gasteiger partial charge on any atom is -0.466 e. The molecule has 117 valence electrons. The number of hydrogen-bond acceptors (Lipinski definition) is 1. The molecule has 20 heavy (non-hydrogen) atoms. The first-order chi connectivity index (χ1) is 9.92. The largest absolute Gasteiger partial charge is 0.466 e. The molecule has 0 atom stereocenters. The van der Waals surface area contributed by atoms with E-state index in [-0.39, 0.29) is 0 Å². The Hall–Kier alpha value is 0.394. The van der Waals surface area contributed by atoms with Gasteiger partial charge in [0.05, 0.1) is 0 Å². The van der Waals surface area contributed by atoms with Gasteiger partial charge in [-0.25, -0.2) is 0 Å². The van der Waals surface area contributed by atoms with Crippen molar-refractivity contribution in [2.24, 2.45) is 17.8 Å². The summed E-state index contributed by atoms with van der Waals surface area (Å²) in [7, 11) is 1.28. The van der Waals surface area contributed by atoms with Crippen LogP contribution in [0.3, 0.4) is 0 Å². The Balaban J connectivity index is 1.93. The molecule has 0 aromatic carbocycles. The molecule has 2 aliphatic rings. The van der Waals surface area contributed by atoms with E-state index < -0.39 is 0 Å². The van der Waals surface area contributed by atoms with E-state index in [9.17, 15) is 0 Å². The first-order valence-corrected chi connectivity index (χ1v) is 11.4. The van der Waals surface area contributed by atoms with Crippen molar-refractivity contribution in [3.8, 4) is 0 Å². The summed E-state index contributed by atoms with van der Waals surface area (Å²) in [6.07, 6.45) is 19.7. The van der Waals surface area contributed by atoms with Gasteiger partial charge in [-0.1, -0.05) is 83.5 Å². The van der Waals surface area contributed by atoms with Crippen LogP contribution in [0.2, 0.25) is 6.04 Å². The second-order valence-corrected chi connectivity index (χ2v) is 9.94. The van der Waals surface area contributed by atoms with E-state index in [0.717, 1.165) is 28.2 Å². The highest BCUT2D eigenvalue weighted by Crippen LogP contribution is 2.41. The maximum absolute atomic E-state index is 5.54. The molecule has 1 nitrogen and oxygen atoms in total.